The molecular weight excluding hydrogens is 1770 g/mol. The van der Waals surface area contributed by atoms with Gasteiger partial charge in [0.25, 0.3) is 0 Å². The Morgan fingerprint density at radius 1 is 0.277 bits per heavy atom. The highest BCUT2D eigenvalue weighted by Crippen LogP contribution is 2.48. The zero-order valence-electron chi connectivity index (χ0n) is 87.2. The molecule has 10 aromatic carbocycles. The van der Waals surface area contributed by atoms with E-state index in [2.05, 4.69) is 368 Å². The summed E-state index contributed by atoms with van der Waals surface area (Å²) in [7, 11) is 7.61. The van der Waals surface area contributed by atoms with Gasteiger partial charge < -0.3 is 22.1 Å². The van der Waals surface area contributed by atoms with E-state index in [1.807, 2.05) is 91.0 Å². The summed E-state index contributed by atoms with van der Waals surface area (Å²) in [5.74, 6) is 1.51. The molecule has 10 aromatic heterocycles. The molecule has 0 amide bonds. The molecule has 0 bridgehead atoms. The SMILES string of the molecule is [C-]#[N+]c1cccc2c1oc1c(-c3cc(C(C)(C)C)c(C)c[n+]3C)c(C)ccc12.[C-]#[N+]c1cccc2c1oc1c(-c3cc(C(C)C)c(C)c[n+]3C)c(C)ccc12.[C-]#[N+]c1cccc2c1oc1c(-c3cc(C(C)C)c([Si](C)(C)C)c[n+]3C)c(C)ccc12.[C-]#[N+]c1cccc2c1oc1c(-c3cc(C)c([Si](C)(C)C)c[n+]3C)c(C)ccc12.[C-]#[N+]c1cccc2c1oc1c(-c3cc(CC(C)C)c(C)c[n+]3C)c(C)ccc12. The lowest BCUT2D eigenvalue weighted by atomic mass is 9.83. The van der Waals surface area contributed by atoms with Crippen molar-refractivity contribution < 1.29 is 44.9 Å². The largest absolute Gasteiger partial charge is 0.466 e. The zero-order chi connectivity index (χ0) is 102. The summed E-state index contributed by atoms with van der Waals surface area (Å²) in [6, 6.07) is 61.7. The molecule has 0 aliphatic heterocycles. The van der Waals surface area contributed by atoms with Crippen LogP contribution in [0.2, 0.25) is 39.3 Å². The first-order chi connectivity index (χ1) is 66.9. The van der Waals surface area contributed by atoms with Gasteiger partial charge in [0, 0.05) is 111 Å². The summed E-state index contributed by atoms with van der Waals surface area (Å²) in [4.78, 5) is 18.2. The van der Waals surface area contributed by atoms with Crippen LogP contribution in [0.1, 0.15) is 146 Å². The first kappa shape index (κ1) is 98.9. The minimum Gasteiger partial charge on any atom is -0.466 e. The quantitative estimate of drug-likeness (QED) is 0.0728. The van der Waals surface area contributed by atoms with Crippen LogP contribution >= 0.6 is 0 Å². The van der Waals surface area contributed by atoms with Gasteiger partial charge in [-0.25, -0.2) is 47.1 Å². The van der Waals surface area contributed by atoms with Crippen molar-refractivity contribution in [2.24, 2.45) is 41.2 Å². The predicted octanol–water partition coefficient (Wildman–Crippen LogP) is 31.8. The molecule has 0 unspecified atom stereocenters. The summed E-state index contributed by atoms with van der Waals surface area (Å²) < 4.78 is 42.6. The van der Waals surface area contributed by atoms with Crippen molar-refractivity contribution >= 4 is 165 Å². The van der Waals surface area contributed by atoms with Crippen molar-refractivity contribution in [3.8, 4) is 56.3 Å². The van der Waals surface area contributed by atoms with E-state index in [4.69, 9.17) is 54.9 Å². The molecule has 0 radical (unpaired) electrons. The van der Waals surface area contributed by atoms with Gasteiger partial charge in [0.15, 0.2) is 31.0 Å². The fraction of sp³-hybridized carbons (Fsp3) is 0.274. The predicted molar refractivity (Wildman–Crippen MR) is 587 cm³/mol. The van der Waals surface area contributed by atoms with E-state index in [1.165, 1.54) is 77.1 Å². The van der Waals surface area contributed by atoms with Crippen molar-refractivity contribution in [2.75, 3.05) is 0 Å². The smallest absolute Gasteiger partial charge is 0.229 e. The van der Waals surface area contributed by atoms with Gasteiger partial charge in [0.1, 0.15) is 91.1 Å². The first-order valence-corrected chi connectivity index (χ1v) is 55.6. The Morgan fingerprint density at radius 2 is 0.532 bits per heavy atom. The fourth-order valence-electron chi connectivity index (χ4n) is 20.8. The third-order valence-corrected chi connectivity index (χ3v) is 32.0. The van der Waals surface area contributed by atoms with E-state index in [1.54, 1.807) is 0 Å². The summed E-state index contributed by atoms with van der Waals surface area (Å²) in [6.07, 6.45) is 12.3. The maximum absolute atomic E-state index is 7.52. The number of fused-ring (bicyclic) bond motifs is 15. The molecule has 706 valence electrons. The second kappa shape index (κ2) is 38.6. The Morgan fingerprint density at radius 3 is 0.816 bits per heavy atom. The van der Waals surface area contributed by atoms with Crippen LogP contribution in [0, 0.1) is 101 Å². The Balaban J connectivity index is 0.000000127. The Labute approximate surface area is 831 Å². The van der Waals surface area contributed by atoms with Crippen LogP contribution in [0.3, 0.4) is 0 Å². The van der Waals surface area contributed by atoms with E-state index >= 15 is 0 Å². The van der Waals surface area contributed by atoms with Crippen LogP contribution in [0.25, 0.3) is 190 Å². The minimum absolute atomic E-state index is 0.0556. The van der Waals surface area contributed by atoms with Crippen molar-refractivity contribution in [2.45, 2.75) is 188 Å². The van der Waals surface area contributed by atoms with E-state index in [-0.39, 0.29) is 5.41 Å². The number of hydrogen-bond donors (Lipinski definition) is 0. The molecule has 0 aliphatic rings. The molecule has 0 fully saturated rings. The number of benzene rings is 10. The molecule has 0 aliphatic carbocycles. The average molecular weight is 1890 g/mol. The highest BCUT2D eigenvalue weighted by molar-refractivity contribution is 6.89. The van der Waals surface area contributed by atoms with E-state index in [9.17, 15) is 0 Å². The standard InChI is InChI=1S/C26H29N2OSi.2C25H25N2O.C24H25N2OSi.C24H23N2O/c1-16(2)20-14-22(28(5)15-23(20)30(6,7)8)24-17(3)12-13-19-18-10-9-11-21(27-4)25(18)29-26(19)24;1-15-11-12-18-17-9-8-10-20(26-6)23(17)28-24(18)22(15)21-13-19(25(3,4)5)16(2)14-27(21)7;1-15(2)12-18-13-22(27(6)14-17(18)4)23-16(3)10-11-20-19-8-7-9-21(26-5)24(19)28-25(20)23;1-15-11-12-18-17-9-8-10-19(25-3)23(17)27-24(18)22(15)20-13-16(2)21(14-26(20)4)28(5,6)7;1-14(2)19-12-21(26(6)13-16(19)4)22-15(3)10-11-18-17-8-7-9-20(25-5)23(17)27-24(18)22/h9-16H,1-3,5-8H3;8-14H,1-5,7H3;7-11,13-15H,12H2,1-4,6H3;8-14H,1-2,4-7H3;7-14H,1-4,6H3/q5*+1. The molecule has 0 N–H and O–H groups in total. The van der Waals surface area contributed by atoms with Crippen LogP contribution < -0.4 is 33.2 Å². The van der Waals surface area contributed by atoms with Gasteiger partial charge in [0.2, 0.25) is 56.9 Å². The molecular formula is C124H127N10O5Si2+5. The molecule has 20 aromatic rings. The number of furan rings is 5. The van der Waals surface area contributed by atoms with Crippen molar-refractivity contribution in [3.05, 3.63) is 342 Å². The molecule has 0 saturated carbocycles. The number of rotatable bonds is 11. The lowest BCUT2D eigenvalue weighted by Crippen LogP contribution is -2.47. The van der Waals surface area contributed by atoms with Crippen LogP contribution in [-0.4, -0.2) is 16.1 Å². The van der Waals surface area contributed by atoms with Crippen molar-refractivity contribution in [3.63, 3.8) is 0 Å². The summed E-state index contributed by atoms with van der Waals surface area (Å²) in [5, 5.41) is 13.3. The second-order valence-corrected chi connectivity index (χ2v) is 52.5. The topological polar surface area (TPSA) is 107 Å². The van der Waals surface area contributed by atoms with Gasteiger partial charge >= 0.3 is 0 Å². The van der Waals surface area contributed by atoms with Gasteiger partial charge in [-0.05, 0) is 148 Å². The number of pyridine rings is 5. The van der Waals surface area contributed by atoms with Gasteiger partial charge in [-0.15, -0.1) is 0 Å². The highest BCUT2D eigenvalue weighted by Gasteiger charge is 2.35. The van der Waals surface area contributed by atoms with Crippen LogP contribution in [0.15, 0.2) is 235 Å². The Hall–Kier alpha value is -15.2. The summed E-state index contributed by atoms with van der Waals surface area (Å²) in [5.41, 5.74) is 38.3. The molecule has 0 atom stereocenters. The van der Waals surface area contributed by atoms with Gasteiger partial charge in [-0.3, -0.25) is 0 Å². The zero-order valence-corrected chi connectivity index (χ0v) is 89.2. The van der Waals surface area contributed by atoms with Crippen molar-refractivity contribution in [1.82, 2.24) is 0 Å². The normalized spacial score (nSPS) is 11.8. The molecule has 0 saturated heterocycles. The average Bonchev–Trinajstić information content (AvgIpc) is 1.60. The summed E-state index contributed by atoms with van der Waals surface area (Å²) >= 11 is 0. The van der Waals surface area contributed by atoms with Gasteiger partial charge in [-0.2, -0.15) is 0 Å². The van der Waals surface area contributed by atoms with Gasteiger partial charge in [-0.1, -0.05) is 253 Å². The monoisotopic (exact) mass is 1890 g/mol. The third kappa shape index (κ3) is 18.4. The van der Waals surface area contributed by atoms with Crippen LogP contribution in [-0.2, 0) is 47.1 Å². The molecule has 20 rings (SSSR count). The van der Waals surface area contributed by atoms with Gasteiger partial charge in [0.05, 0.1) is 76.8 Å². The Kier molecular flexibility index (Phi) is 27.0. The number of nitrogens with zero attached hydrogens (tertiary/aromatic N) is 10. The number of aryl methyl sites for hydroxylation is 14. The highest BCUT2D eigenvalue weighted by atomic mass is 28.3. The van der Waals surface area contributed by atoms with E-state index in [0.29, 0.717) is 74.1 Å². The molecule has 17 heteroatoms. The van der Waals surface area contributed by atoms with Crippen LogP contribution in [0.5, 0.6) is 0 Å². The maximum atomic E-state index is 7.52. The molecule has 141 heavy (non-hydrogen) atoms. The molecule has 15 nitrogen and oxygen atoms in total. The third-order valence-electron chi connectivity index (χ3n) is 27.8. The lowest BCUT2D eigenvalue weighted by Gasteiger charge is -2.22. The lowest BCUT2D eigenvalue weighted by molar-refractivity contribution is -0.660. The number of para-hydroxylation sites is 5. The Bertz CT molecular complexity index is 8750. The first-order valence-electron chi connectivity index (χ1n) is 48.6. The molecule has 10 heterocycles. The van der Waals surface area contributed by atoms with Crippen molar-refractivity contribution in [1.29, 1.82) is 0 Å². The minimum atomic E-state index is -1.48. The number of aromatic nitrogens is 5. The maximum Gasteiger partial charge on any atom is 0.229 e. The number of hydrogen-bond acceptors (Lipinski definition) is 5. The fourth-order valence-corrected chi connectivity index (χ4v) is 24.4. The summed E-state index contributed by atoms with van der Waals surface area (Å²) in [6.45, 7) is 91.3. The van der Waals surface area contributed by atoms with Crippen LogP contribution in [0.4, 0.5) is 28.4 Å². The van der Waals surface area contributed by atoms with E-state index in [0.717, 1.165) is 150 Å². The second-order valence-electron chi connectivity index (χ2n) is 42.4. The van der Waals surface area contributed by atoms with E-state index < -0.39 is 16.1 Å². The molecule has 0 spiro atoms.